The van der Waals surface area contributed by atoms with E-state index in [0.29, 0.717) is 10.8 Å². The highest BCUT2D eigenvalue weighted by atomic mass is 35.5. The number of amides is 2. The molecule has 2 amide bonds. The van der Waals surface area contributed by atoms with Crippen molar-refractivity contribution < 1.29 is 9.59 Å². The summed E-state index contributed by atoms with van der Waals surface area (Å²) < 4.78 is 1.70. The van der Waals surface area contributed by atoms with E-state index in [9.17, 15) is 9.59 Å². The fourth-order valence-corrected chi connectivity index (χ4v) is 3.95. The van der Waals surface area contributed by atoms with Crippen molar-refractivity contribution in [1.82, 2.24) is 9.78 Å². The van der Waals surface area contributed by atoms with Crippen LogP contribution in [0, 0.1) is 20.8 Å². The maximum atomic E-state index is 12.9. The second-order valence-electron chi connectivity index (χ2n) is 8.46. The lowest BCUT2D eigenvalue weighted by molar-refractivity contribution is -0.121. The van der Waals surface area contributed by atoms with Gasteiger partial charge in [-0.25, -0.2) is 4.68 Å². The monoisotopic (exact) mass is 486 g/mol. The molecule has 0 aliphatic rings. The molecular weight excluding hydrogens is 460 g/mol. The van der Waals surface area contributed by atoms with Crippen molar-refractivity contribution in [1.29, 1.82) is 0 Å². The Kier molecular flexibility index (Phi) is 7.32. The Morgan fingerprint density at radius 1 is 0.829 bits per heavy atom. The lowest BCUT2D eigenvalue weighted by Crippen LogP contribution is -2.19. The lowest BCUT2D eigenvalue weighted by atomic mass is 10.1. The largest absolute Gasteiger partial charge is 0.326 e. The summed E-state index contributed by atoms with van der Waals surface area (Å²) >= 11 is 6.06. The van der Waals surface area contributed by atoms with Crippen molar-refractivity contribution >= 4 is 34.9 Å². The molecule has 178 valence electrons. The molecule has 0 saturated carbocycles. The van der Waals surface area contributed by atoms with E-state index >= 15 is 0 Å². The number of anilines is 2. The van der Waals surface area contributed by atoms with Crippen LogP contribution < -0.4 is 10.6 Å². The van der Waals surface area contributed by atoms with Gasteiger partial charge >= 0.3 is 0 Å². The van der Waals surface area contributed by atoms with Crippen molar-refractivity contribution in [2.75, 3.05) is 10.6 Å². The predicted octanol–water partition coefficient (Wildman–Crippen LogP) is 6.48. The number of benzene rings is 3. The molecule has 1 heterocycles. The maximum Gasteiger partial charge on any atom is 0.226 e. The molecule has 0 radical (unpaired) electrons. The van der Waals surface area contributed by atoms with Crippen LogP contribution in [0.4, 0.5) is 11.5 Å². The van der Waals surface area contributed by atoms with Gasteiger partial charge in [0.1, 0.15) is 5.82 Å². The number of nitrogens with one attached hydrogen (secondary N) is 2. The summed E-state index contributed by atoms with van der Waals surface area (Å²) in [4.78, 5) is 25.4. The highest BCUT2D eigenvalue weighted by molar-refractivity contribution is 6.30. The van der Waals surface area contributed by atoms with E-state index in [1.54, 1.807) is 16.8 Å². The summed E-state index contributed by atoms with van der Waals surface area (Å²) in [5.74, 6) is 0.0668. The minimum atomic E-state index is -0.271. The molecule has 0 saturated heterocycles. The molecule has 0 unspecified atom stereocenters. The van der Waals surface area contributed by atoms with Gasteiger partial charge in [0.2, 0.25) is 11.8 Å². The highest BCUT2D eigenvalue weighted by Crippen LogP contribution is 2.33. The van der Waals surface area contributed by atoms with Crippen molar-refractivity contribution in [2.45, 2.75) is 33.6 Å². The van der Waals surface area contributed by atoms with Gasteiger partial charge in [0, 0.05) is 29.1 Å². The molecule has 0 fully saturated rings. The predicted molar refractivity (Wildman–Crippen MR) is 141 cm³/mol. The zero-order valence-corrected chi connectivity index (χ0v) is 20.7. The van der Waals surface area contributed by atoms with Crippen LogP contribution in [0.2, 0.25) is 5.02 Å². The Hall–Kier alpha value is -3.90. The molecule has 4 rings (SSSR count). The normalized spacial score (nSPS) is 10.7. The van der Waals surface area contributed by atoms with Gasteiger partial charge in [-0.05, 0) is 73.9 Å². The fraction of sp³-hybridized carbons (Fsp3) is 0.179. The van der Waals surface area contributed by atoms with Gasteiger partial charge in [0.05, 0.1) is 11.4 Å². The molecule has 1 aromatic heterocycles. The first-order chi connectivity index (χ1) is 16.8. The molecule has 7 heteroatoms. The Balaban J connectivity index is 1.54. The molecule has 35 heavy (non-hydrogen) atoms. The number of nitrogens with zero attached hydrogens (tertiary/aromatic N) is 2. The third kappa shape index (κ3) is 5.78. The summed E-state index contributed by atoms with van der Waals surface area (Å²) in [5, 5.41) is 11.2. The first-order valence-electron chi connectivity index (χ1n) is 11.4. The van der Waals surface area contributed by atoms with Crippen LogP contribution in [-0.2, 0) is 9.59 Å². The zero-order valence-electron chi connectivity index (χ0n) is 19.9. The van der Waals surface area contributed by atoms with Crippen LogP contribution in [0.15, 0.2) is 72.8 Å². The molecular formula is C28H27ClN4O2. The highest BCUT2D eigenvalue weighted by Gasteiger charge is 2.20. The third-order valence-corrected chi connectivity index (χ3v) is 6.07. The molecule has 2 N–H and O–H groups in total. The smallest absolute Gasteiger partial charge is 0.226 e. The number of carbonyl (C=O) groups is 2. The van der Waals surface area contributed by atoms with E-state index in [1.807, 2.05) is 81.4 Å². The molecule has 6 nitrogen and oxygen atoms in total. The van der Waals surface area contributed by atoms with Gasteiger partial charge in [0.25, 0.3) is 0 Å². The summed E-state index contributed by atoms with van der Waals surface area (Å²) in [6.07, 6.45) is 0.100. The molecule has 4 aromatic rings. The summed E-state index contributed by atoms with van der Waals surface area (Å²) in [5.41, 5.74) is 6.28. The van der Waals surface area contributed by atoms with E-state index in [-0.39, 0.29) is 24.7 Å². The maximum absolute atomic E-state index is 12.9. The Morgan fingerprint density at radius 2 is 1.49 bits per heavy atom. The van der Waals surface area contributed by atoms with Gasteiger partial charge < -0.3 is 10.6 Å². The molecule has 0 aliphatic carbocycles. The van der Waals surface area contributed by atoms with Crippen LogP contribution in [0.3, 0.4) is 0 Å². The Morgan fingerprint density at radius 3 is 2.14 bits per heavy atom. The molecule has 0 bridgehead atoms. The third-order valence-electron chi connectivity index (χ3n) is 5.82. The van der Waals surface area contributed by atoms with Crippen LogP contribution >= 0.6 is 11.6 Å². The van der Waals surface area contributed by atoms with Crippen LogP contribution in [0.1, 0.15) is 29.7 Å². The van der Waals surface area contributed by atoms with E-state index in [2.05, 4.69) is 15.7 Å². The first kappa shape index (κ1) is 24.2. The summed E-state index contributed by atoms with van der Waals surface area (Å²) in [6.45, 7) is 5.92. The lowest BCUT2D eigenvalue weighted by Gasteiger charge is -2.12. The number of aryl methyl sites for hydroxylation is 3. The fourth-order valence-electron chi connectivity index (χ4n) is 3.83. The molecule has 0 spiro atoms. The van der Waals surface area contributed by atoms with Crippen LogP contribution in [0.25, 0.3) is 16.8 Å². The Labute approximate surface area is 209 Å². The SMILES string of the molecule is Cc1ccc(NC(=O)CCC(=O)Nc2c(-c3ccccc3)c(C)nn2-c2ccc(Cl)cc2)cc1C. The number of aromatic nitrogens is 2. The minimum Gasteiger partial charge on any atom is -0.326 e. The second kappa shape index (κ2) is 10.6. The van der Waals surface area contributed by atoms with Crippen molar-refractivity contribution in [3.05, 3.63) is 94.6 Å². The number of hydrogen-bond acceptors (Lipinski definition) is 3. The second-order valence-corrected chi connectivity index (χ2v) is 8.90. The molecule has 3 aromatic carbocycles. The zero-order chi connectivity index (χ0) is 24.9. The summed E-state index contributed by atoms with van der Waals surface area (Å²) in [6, 6.07) is 22.8. The van der Waals surface area contributed by atoms with Gasteiger partial charge in [-0.3, -0.25) is 9.59 Å². The van der Waals surface area contributed by atoms with Crippen molar-refractivity contribution in [3.63, 3.8) is 0 Å². The number of hydrogen-bond donors (Lipinski definition) is 2. The Bertz CT molecular complexity index is 1360. The number of halogens is 1. The number of rotatable bonds is 7. The molecule has 0 aliphatic heterocycles. The van der Waals surface area contributed by atoms with E-state index in [0.717, 1.165) is 39.3 Å². The van der Waals surface area contributed by atoms with Crippen LogP contribution in [0.5, 0.6) is 0 Å². The standard InChI is InChI=1S/C28H27ClN4O2/c1-18-9-12-23(17-19(18)2)30-25(34)15-16-26(35)31-28-27(21-7-5-4-6-8-21)20(3)32-33(28)24-13-10-22(29)11-14-24/h4-14,17H,15-16H2,1-3H3,(H,30,34)(H,31,35). The van der Waals surface area contributed by atoms with Gasteiger partial charge in [-0.1, -0.05) is 48.0 Å². The van der Waals surface area contributed by atoms with E-state index < -0.39 is 0 Å². The van der Waals surface area contributed by atoms with Crippen LogP contribution in [-0.4, -0.2) is 21.6 Å². The van der Waals surface area contributed by atoms with E-state index in [4.69, 9.17) is 11.6 Å². The minimum absolute atomic E-state index is 0.0375. The van der Waals surface area contributed by atoms with Crippen molar-refractivity contribution in [3.8, 4) is 16.8 Å². The average Bonchev–Trinajstić information content (AvgIpc) is 3.16. The van der Waals surface area contributed by atoms with Gasteiger partial charge in [0.15, 0.2) is 0 Å². The molecule has 0 atom stereocenters. The average molecular weight is 487 g/mol. The topological polar surface area (TPSA) is 76.0 Å². The quantitative estimate of drug-likeness (QED) is 0.314. The first-order valence-corrected chi connectivity index (χ1v) is 11.8. The van der Waals surface area contributed by atoms with Crippen molar-refractivity contribution in [2.24, 2.45) is 0 Å². The van der Waals surface area contributed by atoms with Gasteiger partial charge in [-0.15, -0.1) is 0 Å². The number of carbonyl (C=O) groups excluding carboxylic acids is 2. The van der Waals surface area contributed by atoms with E-state index in [1.165, 1.54) is 0 Å². The van der Waals surface area contributed by atoms with Gasteiger partial charge in [-0.2, -0.15) is 5.10 Å². The summed E-state index contributed by atoms with van der Waals surface area (Å²) in [7, 11) is 0.